The molecule has 4 aromatic rings. The SMILES string of the molecule is CB(O)N1CCC(N(c2cccc(C)n2)S(=O)(=O)c2ccccc2Cl)CC1.Cc1cccc(N(C2CCNCC2)S(=O)(=O)c2ccccc2Cl)n1. The summed E-state index contributed by atoms with van der Waals surface area (Å²) in [7, 11) is -8.22. The molecular formula is C35H43BCl2N6O5S2. The number of pyridine rings is 2. The van der Waals surface area contributed by atoms with Crippen LogP contribution in [0.3, 0.4) is 0 Å². The average molecular weight is 774 g/mol. The van der Waals surface area contributed by atoms with Crippen molar-refractivity contribution in [3.8, 4) is 0 Å². The van der Waals surface area contributed by atoms with Gasteiger partial charge in [-0.1, -0.05) is 59.6 Å². The van der Waals surface area contributed by atoms with E-state index in [0.717, 1.165) is 37.3 Å². The predicted molar refractivity (Wildman–Crippen MR) is 205 cm³/mol. The first-order valence-electron chi connectivity index (χ1n) is 16.9. The lowest BCUT2D eigenvalue weighted by atomic mass is 9.82. The van der Waals surface area contributed by atoms with Crippen LogP contribution in [0.5, 0.6) is 0 Å². The van der Waals surface area contributed by atoms with Crippen LogP contribution in [0.4, 0.5) is 11.6 Å². The molecule has 16 heteroatoms. The molecule has 0 bridgehead atoms. The molecule has 0 atom stereocenters. The fourth-order valence-corrected chi connectivity index (χ4v) is 10.7. The second-order valence-electron chi connectivity index (χ2n) is 12.6. The Bertz CT molecular complexity index is 2010. The predicted octanol–water partition coefficient (Wildman–Crippen LogP) is 5.80. The highest BCUT2D eigenvalue weighted by atomic mass is 35.5. The Morgan fingerprint density at radius 3 is 1.49 bits per heavy atom. The zero-order valence-corrected chi connectivity index (χ0v) is 32.0. The van der Waals surface area contributed by atoms with Gasteiger partial charge in [-0.25, -0.2) is 35.4 Å². The van der Waals surface area contributed by atoms with Gasteiger partial charge in [-0.3, -0.25) is 0 Å². The molecule has 4 heterocycles. The summed E-state index contributed by atoms with van der Waals surface area (Å²) in [6.45, 7) is 8.20. The summed E-state index contributed by atoms with van der Waals surface area (Å²) in [6, 6.07) is 23.4. The van der Waals surface area contributed by atoms with Crippen LogP contribution < -0.4 is 13.9 Å². The van der Waals surface area contributed by atoms with Crippen molar-refractivity contribution in [3.05, 3.63) is 106 Å². The number of nitrogens with zero attached hydrogens (tertiary/aromatic N) is 5. The molecule has 2 aliphatic rings. The number of nitrogens with one attached hydrogen (secondary N) is 1. The molecule has 0 amide bonds. The zero-order chi connectivity index (χ0) is 36.8. The number of halogens is 2. The highest BCUT2D eigenvalue weighted by molar-refractivity contribution is 7.93. The third-order valence-corrected chi connectivity index (χ3v) is 13.7. The van der Waals surface area contributed by atoms with Crippen molar-refractivity contribution >= 4 is 61.9 Å². The first-order chi connectivity index (χ1) is 24.3. The van der Waals surface area contributed by atoms with Crippen molar-refractivity contribution < 1.29 is 21.9 Å². The molecule has 2 saturated heterocycles. The van der Waals surface area contributed by atoms with Crippen molar-refractivity contribution in [3.63, 3.8) is 0 Å². The first-order valence-corrected chi connectivity index (χ1v) is 20.5. The molecule has 11 nitrogen and oxygen atoms in total. The van der Waals surface area contributed by atoms with Crippen molar-refractivity contribution in [1.82, 2.24) is 20.1 Å². The first kappa shape index (κ1) is 39.0. The second-order valence-corrected chi connectivity index (χ2v) is 17.0. The van der Waals surface area contributed by atoms with Crippen LogP contribution in [-0.4, -0.2) is 82.0 Å². The Labute approximate surface area is 311 Å². The average Bonchev–Trinajstić information content (AvgIpc) is 3.09. The van der Waals surface area contributed by atoms with Gasteiger partial charge in [0, 0.05) is 23.5 Å². The zero-order valence-electron chi connectivity index (χ0n) is 28.9. The van der Waals surface area contributed by atoms with Crippen LogP contribution in [0.1, 0.15) is 37.1 Å². The number of hydrogen-bond acceptors (Lipinski definition) is 9. The summed E-state index contributed by atoms with van der Waals surface area (Å²) in [5.41, 5.74) is 1.52. The molecule has 0 saturated carbocycles. The van der Waals surface area contributed by atoms with Gasteiger partial charge in [0.25, 0.3) is 20.0 Å². The van der Waals surface area contributed by atoms with Crippen molar-refractivity contribution in [2.75, 3.05) is 34.8 Å². The number of aryl methyl sites for hydroxylation is 2. The molecule has 272 valence electrons. The molecule has 2 aromatic heterocycles. The van der Waals surface area contributed by atoms with Gasteiger partial charge in [0.05, 0.1) is 10.0 Å². The molecule has 2 fully saturated rings. The van der Waals surface area contributed by atoms with Gasteiger partial charge in [0.15, 0.2) is 0 Å². The summed E-state index contributed by atoms with van der Waals surface area (Å²) >= 11 is 12.4. The molecule has 0 aliphatic carbocycles. The third kappa shape index (κ3) is 9.23. The number of sulfonamides is 2. The highest BCUT2D eigenvalue weighted by Crippen LogP contribution is 2.33. The van der Waals surface area contributed by atoms with E-state index < -0.39 is 27.1 Å². The Hall–Kier alpha value is -3.24. The largest absolute Gasteiger partial charge is 0.437 e. The molecule has 2 aromatic carbocycles. The van der Waals surface area contributed by atoms with E-state index in [2.05, 4.69) is 15.3 Å². The number of anilines is 2. The summed E-state index contributed by atoms with van der Waals surface area (Å²) < 4.78 is 56.6. The quantitative estimate of drug-likeness (QED) is 0.202. The molecule has 2 aliphatic heterocycles. The lowest BCUT2D eigenvalue weighted by Crippen LogP contribution is -2.51. The maximum Gasteiger partial charge on any atom is 0.376 e. The standard InChI is InChI=1S/C18H23BClN3O3S.C17H20ClN3O2S/c1-14-6-5-9-18(21-14)23(15-10-12-22(13-11-15)19(2)24)27(25,26)17-8-4-3-7-16(17)20;1-13-5-4-8-17(20-13)21(14-9-11-19-12-10-14)24(22,23)16-7-3-2-6-15(16)18/h3-9,15,24H,10-13H2,1-2H3;2-8,14,19H,9-12H2,1H3. The maximum absolute atomic E-state index is 13.5. The molecule has 0 spiro atoms. The molecule has 51 heavy (non-hydrogen) atoms. The third-order valence-electron chi connectivity index (χ3n) is 8.95. The monoisotopic (exact) mass is 772 g/mol. The fourth-order valence-electron chi connectivity index (χ4n) is 6.37. The van der Waals surface area contributed by atoms with E-state index in [9.17, 15) is 21.9 Å². The van der Waals surface area contributed by atoms with Gasteiger partial charge in [-0.05, 0) is 121 Å². The molecule has 2 N–H and O–H groups in total. The van der Waals surface area contributed by atoms with Crippen LogP contribution in [0.2, 0.25) is 16.9 Å². The molecule has 6 rings (SSSR count). The van der Waals surface area contributed by atoms with E-state index >= 15 is 0 Å². The summed E-state index contributed by atoms with van der Waals surface area (Å²) in [5, 5.41) is 13.5. The van der Waals surface area contributed by atoms with Gasteiger partial charge in [0.2, 0.25) is 0 Å². The number of hydrogen-bond donors (Lipinski definition) is 2. The van der Waals surface area contributed by atoms with Crippen LogP contribution >= 0.6 is 23.2 Å². The van der Waals surface area contributed by atoms with Gasteiger partial charge < -0.3 is 15.2 Å². The maximum atomic E-state index is 13.5. The van der Waals surface area contributed by atoms with E-state index in [1.54, 1.807) is 67.5 Å². The van der Waals surface area contributed by atoms with Crippen LogP contribution in [0, 0.1) is 13.8 Å². The van der Waals surface area contributed by atoms with Gasteiger partial charge in [-0.2, -0.15) is 0 Å². The number of benzene rings is 2. The van der Waals surface area contributed by atoms with Gasteiger partial charge in [0.1, 0.15) is 21.4 Å². The van der Waals surface area contributed by atoms with Gasteiger partial charge in [-0.15, -0.1) is 0 Å². The Morgan fingerprint density at radius 2 is 1.10 bits per heavy atom. The van der Waals surface area contributed by atoms with E-state index in [1.165, 1.54) is 14.7 Å². The number of aromatic nitrogens is 2. The number of rotatable bonds is 9. The lowest BCUT2D eigenvalue weighted by molar-refractivity contribution is 0.290. The van der Waals surface area contributed by atoms with E-state index in [4.69, 9.17) is 23.2 Å². The van der Waals surface area contributed by atoms with E-state index in [1.807, 2.05) is 36.9 Å². The van der Waals surface area contributed by atoms with Gasteiger partial charge >= 0.3 is 7.05 Å². The molecular weight excluding hydrogens is 730 g/mol. The summed E-state index contributed by atoms with van der Waals surface area (Å²) in [6.07, 6.45) is 2.67. The number of piperidine rings is 2. The lowest BCUT2D eigenvalue weighted by Gasteiger charge is -2.38. The minimum Gasteiger partial charge on any atom is -0.437 e. The second kappa shape index (κ2) is 17.1. The summed E-state index contributed by atoms with van der Waals surface area (Å²) in [4.78, 5) is 11.0. The van der Waals surface area contributed by atoms with Crippen LogP contribution in [-0.2, 0) is 20.0 Å². The van der Waals surface area contributed by atoms with Crippen molar-refractivity contribution in [1.29, 1.82) is 0 Å². The summed E-state index contributed by atoms with van der Waals surface area (Å²) in [5.74, 6) is 0.840. The Morgan fingerprint density at radius 1 is 0.686 bits per heavy atom. The molecule has 0 unspecified atom stereocenters. The fraction of sp³-hybridized carbons (Fsp3) is 0.371. The Balaban J connectivity index is 0.000000199. The van der Waals surface area contributed by atoms with Crippen molar-refractivity contribution in [2.24, 2.45) is 0 Å². The minimum atomic E-state index is -3.88. The minimum absolute atomic E-state index is 0.0768. The van der Waals surface area contributed by atoms with E-state index in [-0.39, 0.29) is 31.9 Å². The molecule has 0 radical (unpaired) electrons. The van der Waals surface area contributed by atoms with Crippen molar-refractivity contribution in [2.45, 2.75) is 68.2 Å². The van der Waals surface area contributed by atoms with Crippen LogP contribution in [0.15, 0.2) is 94.7 Å². The Kier molecular flexibility index (Phi) is 13.0. The highest BCUT2D eigenvalue weighted by Gasteiger charge is 2.37. The topological polar surface area (TPSA) is 136 Å². The normalized spacial score (nSPS) is 16.2. The van der Waals surface area contributed by atoms with E-state index in [0.29, 0.717) is 37.6 Å². The van der Waals surface area contributed by atoms with Crippen LogP contribution in [0.25, 0.3) is 0 Å². The smallest absolute Gasteiger partial charge is 0.376 e.